The van der Waals surface area contributed by atoms with E-state index in [-0.39, 0.29) is 6.09 Å². The largest absolute Gasteiger partial charge is 0.450 e. The van der Waals surface area contributed by atoms with Gasteiger partial charge in [0.1, 0.15) is 0 Å². The fraction of sp³-hybridized carbons (Fsp3) is 0.769. The van der Waals surface area contributed by atoms with Crippen LogP contribution in [0.1, 0.15) is 6.92 Å². The molecule has 6 heteroatoms. The minimum absolute atomic E-state index is 0.253. The summed E-state index contributed by atoms with van der Waals surface area (Å²) in [5, 5.41) is 9.78. The highest BCUT2D eigenvalue weighted by Gasteiger charge is 2.23. The molecular weight excluding hydrogens is 248 g/mol. The molecule has 1 aliphatic rings. The molecule has 0 saturated carbocycles. The van der Waals surface area contributed by atoms with Gasteiger partial charge in [-0.1, -0.05) is 6.08 Å². The molecule has 1 amide bonds. The van der Waals surface area contributed by atoms with Crippen molar-refractivity contribution in [2.45, 2.75) is 13.0 Å². The first-order chi connectivity index (χ1) is 9.17. The number of hydrogen-bond acceptors (Lipinski definition) is 5. The van der Waals surface area contributed by atoms with Crippen molar-refractivity contribution in [2.75, 3.05) is 52.5 Å². The van der Waals surface area contributed by atoms with Crippen LogP contribution < -0.4 is 0 Å². The summed E-state index contributed by atoms with van der Waals surface area (Å²) in [4.78, 5) is 15.3. The third-order valence-electron chi connectivity index (χ3n) is 2.91. The van der Waals surface area contributed by atoms with Gasteiger partial charge in [-0.3, -0.25) is 4.90 Å². The monoisotopic (exact) mass is 272 g/mol. The number of ether oxygens (including phenoxy) is 2. The molecule has 6 nitrogen and oxygen atoms in total. The van der Waals surface area contributed by atoms with E-state index in [1.807, 2.05) is 0 Å². The first kappa shape index (κ1) is 15.9. The third kappa shape index (κ3) is 6.04. The second-order valence-corrected chi connectivity index (χ2v) is 4.47. The van der Waals surface area contributed by atoms with E-state index in [2.05, 4.69) is 11.5 Å². The van der Waals surface area contributed by atoms with Crippen LogP contribution in [-0.4, -0.2) is 79.6 Å². The minimum Gasteiger partial charge on any atom is -0.450 e. The highest BCUT2D eigenvalue weighted by Crippen LogP contribution is 2.05. The standard InChI is InChI=1S/C13H24N2O4/c1-3-9-18-11-12(16)10-14-5-7-15(8-6-14)13(17)19-4-2/h3,12,16H,1,4-11H2,2H3. The lowest BCUT2D eigenvalue weighted by molar-refractivity contribution is 0.0140. The molecule has 1 rings (SSSR count). The molecule has 1 N–H and O–H groups in total. The number of rotatable bonds is 7. The topological polar surface area (TPSA) is 62.2 Å². The fourth-order valence-electron chi connectivity index (χ4n) is 1.97. The Morgan fingerprint density at radius 3 is 2.68 bits per heavy atom. The van der Waals surface area contributed by atoms with E-state index in [1.165, 1.54) is 0 Å². The molecule has 1 fully saturated rings. The number of β-amino-alcohol motifs (C(OH)–C–C–N with tert-alkyl or cyclic N) is 1. The molecular formula is C13H24N2O4. The quantitative estimate of drug-likeness (QED) is 0.534. The fourth-order valence-corrected chi connectivity index (χ4v) is 1.97. The van der Waals surface area contributed by atoms with Crippen LogP contribution in [0.5, 0.6) is 0 Å². The highest BCUT2D eigenvalue weighted by molar-refractivity contribution is 5.67. The SMILES string of the molecule is C=CCOCC(O)CN1CCN(C(=O)OCC)CC1. The lowest BCUT2D eigenvalue weighted by Crippen LogP contribution is -2.50. The van der Waals surface area contributed by atoms with Gasteiger partial charge in [-0.25, -0.2) is 4.79 Å². The zero-order chi connectivity index (χ0) is 14.1. The Morgan fingerprint density at radius 2 is 2.11 bits per heavy atom. The zero-order valence-corrected chi connectivity index (χ0v) is 11.6. The molecule has 0 aromatic carbocycles. The van der Waals surface area contributed by atoms with E-state index in [0.717, 1.165) is 13.1 Å². The zero-order valence-electron chi connectivity index (χ0n) is 11.6. The molecule has 0 aliphatic carbocycles. The van der Waals surface area contributed by atoms with E-state index in [1.54, 1.807) is 17.9 Å². The van der Waals surface area contributed by atoms with Crippen LogP contribution in [0.2, 0.25) is 0 Å². The lowest BCUT2D eigenvalue weighted by atomic mass is 10.3. The molecule has 110 valence electrons. The molecule has 1 unspecified atom stereocenters. The Bertz CT molecular complexity index is 278. The van der Waals surface area contributed by atoms with E-state index in [0.29, 0.717) is 39.5 Å². The maximum Gasteiger partial charge on any atom is 0.409 e. The number of amides is 1. The second kappa shape index (κ2) is 8.90. The van der Waals surface area contributed by atoms with Crippen molar-refractivity contribution in [3.63, 3.8) is 0 Å². The van der Waals surface area contributed by atoms with Crippen molar-refractivity contribution in [1.82, 2.24) is 9.80 Å². The van der Waals surface area contributed by atoms with Gasteiger partial charge in [-0.15, -0.1) is 6.58 Å². The summed E-state index contributed by atoms with van der Waals surface area (Å²) in [6.07, 6.45) is 0.899. The molecule has 1 aliphatic heterocycles. The van der Waals surface area contributed by atoms with Crippen molar-refractivity contribution in [1.29, 1.82) is 0 Å². The van der Waals surface area contributed by atoms with E-state index < -0.39 is 6.10 Å². The summed E-state index contributed by atoms with van der Waals surface area (Å²) in [7, 11) is 0. The van der Waals surface area contributed by atoms with Gasteiger partial charge in [-0.05, 0) is 6.92 Å². The van der Waals surface area contributed by atoms with Crippen LogP contribution in [-0.2, 0) is 9.47 Å². The number of aliphatic hydroxyl groups excluding tert-OH is 1. The van der Waals surface area contributed by atoms with Gasteiger partial charge in [0.05, 0.1) is 25.9 Å². The van der Waals surface area contributed by atoms with Crippen LogP contribution >= 0.6 is 0 Å². The lowest BCUT2D eigenvalue weighted by Gasteiger charge is -2.34. The average Bonchev–Trinajstić information content (AvgIpc) is 2.40. The van der Waals surface area contributed by atoms with E-state index in [4.69, 9.17) is 9.47 Å². The maximum absolute atomic E-state index is 11.5. The normalized spacial score (nSPS) is 18.1. The predicted molar refractivity (Wildman–Crippen MR) is 72.1 cm³/mol. The third-order valence-corrected chi connectivity index (χ3v) is 2.91. The smallest absolute Gasteiger partial charge is 0.409 e. The second-order valence-electron chi connectivity index (χ2n) is 4.47. The van der Waals surface area contributed by atoms with Gasteiger partial charge < -0.3 is 19.5 Å². The maximum atomic E-state index is 11.5. The summed E-state index contributed by atoms with van der Waals surface area (Å²) in [6, 6.07) is 0. The van der Waals surface area contributed by atoms with Crippen LogP contribution in [0.3, 0.4) is 0 Å². The number of carbonyl (C=O) groups is 1. The van der Waals surface area contributed by atoms with Gasteiger partial charge >= 0.3 is 6.09 Å². The predicted octanol–water partition coefficient (Wildman–Crippen LogP) is 0.324. The molecule has 0 spiro atoms. The van der Waals surface area contributed by atoms with Gasteiger partial charge in [-0.2, -0.15) is 0 Å². The Morgan fingerprint density at radius 1 is 1.42 bits per heavy atom. The summed E-state index contributed by atoms with van der Waals surface area (Å²) in [5.74, 6) is 0. The molecule has 0 aromatic heterocycles. The van der Waals surface area contributed by atoms with Gasteiger partial charge in [0.25, 0.3) is 0 Å². The molecule has 1 heterocycles. The minimum atomic E-state index is -0.505. The van der Waals surface area contributed by atoms with Crippen LogP contribution in [0.15, 0.2) is 12.7 Å². The Balaban J connectivity index is 2.18. The van der Waals surface area contributed by atoms with E-state index in [9.17, 15) is 9.90 Å². The summed E-state index contributed by atoms with van der Waals surface area (Å²) in [5.41, 5.74) is 0. The van der Waals surface area contributed by atoms with Crippen LogP contribution in [0.4, 0.5) is 4.79 Å². The van der Waals surface area contributed by atoms with Crippen LogP contribution in [0, 0.1) is 0 Å². The summed E-state index contributed by atoms with van der Waals surface area (Å²) >= 11 is 0. The molecule has 0 aromatic rings. The van der Waals surface area contributed by atoms with Crippen molar-refractivity contribution in [3.8, 4) is 0 Å². The van der Waals surface area contributed by atoms with Crippen LogP contribution in [0.25, 0.3) is 0 Å². The molecule has 1 saturated heterocycles. The van der Waals surface area contributed by atoms with Gasteiger partial charge in [0.15, 0.2) is 0 Å². The Hall–Kier alpha value is -1.11. The first-order valence-electron chi connectivity index (χ1n) is 6.68. The first-order valence-corrected chi connectivity index (χ1v) is 6.68. The van der Waals surface area contributed by atoms with E-state index >= 15 is 0 Å². The highest BCUT2D eigenvalue weighted by atomic mass is 16.6. The van der Waals surface area contributed by atoms with Gasteiger partial charge in [0, 0.05) is 32.7 Å². The number of nitrogens with zero attached hydrogens (tertiary/aromatic N) is 2. The summed E-state index contributed by atoms with van der Waals surface area (Å²) in [6.45, 7) is 9.84. The number of aliphatic hydroxyl groups is 1. The summed E-state index contributed by atoms with van der Waals surface area (Å²) < 4.78 is 10.2. The molecule has 19 heavy (non-hydrogen) atoms. The Kier molecular flexibility index (Phi) is 7.47. The molecule has 1 atom stereocenters. The van der Waals surface area contributed by atoms with Crippen molar-refractivity contribution in [3.05, 3.63) is 12.7 Å². The van der Waals surface area contributed by atoms with Crippen molar-refractivity contribution < 1.29 is 19.4 Å². The Labute approximate surface area is 114 Å². The number of hydrogen-bond donors (Lipinski definition) is 1. The average molecular weight is 272 g/mol. The number of piperazine rings is 1. The van der Waals surface area contributed by atoms with Crippen molar-refractivity contribution >= 4 is 6.09 Å². The number of carbonyl (C=O) groups excluding carboxylic acids is 1. The molecule has 0 bridgehead atoms. The molecule has 0 radical (unpaired) electrons. The van der Waals surface area contributed by atoms with Crippen molar-refractivity contribution in [2.24, 2.45) is 0 Å². The van der Waals surface area contributed by atoms with Gasteiger partial charge in [0.2, 0.25) is 0 Å².